The third-order valence-corrected chi connectivity index (χ3v) is 3.50. The fraction of sp³-hybridized carbons (Fsp3) is 0.263. The van der Waals surface area contributed by atoms with Crippen molar-refractivity contribution in [2.45, 2.75) is 13.3 Å². The SMILES string of the molecule is CC(=O)N(CCNC(=O)CCOc1ccccc1)c1cccc(F)c1. The molecule has 0 saturated carbocycles. The van der Waals surface area contributed by atoms with Crippen molar-refractivity contribution >= 4 is 17.5 Å². The van der Waals surface area contributed by atoms with Crippen LogP contribution in [0.5, 0.6) is 5.75 Å². The third kappa shape index (κ3) is 6.25. The van der Waals surface area contributed by atoms with Crippen molar-refractivity contribution in [1.29, 1.82) is 0 Å². The first-order valence-corrected chi connectivity index (χ1v) is 8.04. The summed E-state index contributed by atoms with van der Waals surface area (Å²) in [6, 6.07) is 15.0. The normalized spacial score (nSPS) is 10.2. The van der Waals surface area contributed by atoms with Gasteiger partial charge in [-0.15, -0.1) is 0 Å². The van der Waals surface area contributed by atoms with E-state index in [2.05, 4.69) is 5.32 Å². The second-order valence-electron chi connectivity index (χ2n) is 5.41. The lowest BCUT2D eigenvalue weighted by atomic mass is 10.2. The lowest BCUT2D eigenvalue weighted by Gasteiger charge is -2.21. The minimum atomic E-state index is -0.411. The first-order chi connectivity index (χ1) is 12.1. The van der Waals surface area contributed by atoms with Crippen molar-refractivity contribution in [2.24, 2.45) is 0 Å². The Bertz CT molecular complexity index is 707. The molecule has 1 N–H and O–H groups in total. The van der Waals surface area contributed by atoms with Gasteiger partial charge in [-0.05, 0) is 30.3 Å². The first-order valence-electron chi connectivity index (χ1n) is 8.04. The van der Waals surface area contributed by atoms with Gasteiger partial charge >= 0.3 is 0 Å². The fourth-order valence-corrected chi connectivity index (χ4v) is 2.29. The predicted octanol–water partition coefficient (Wildman–Crippen LogP) is 2.76. The molecule has 0 bridgehead atoms. The third-order valence-electron chi connectivity index (χ3n) is 3.50. The summed E-state index contributed by atoms with van der Waals surface area (Å²) in [5.74, 6) is -0.0825. The Kier molecular flexibility index (Phi) is 6.95. The van der Waals surface area contributed by atoms with E-state index in [1.807, 2.05) is 30.3 Å². The Morgan fingerprint density at radius 1 is 1.12 bits per heavy atom. The van der Waals surface area contributed by atoms with E-state index in [4.69, 9.17) is 4.74 Å². The van der Waals surface area contributed by atoms with Gasteiger partial charge < -0.3 is 15.0 Å². The van der Waals surface area contributed by atoms with Crippen LogP contribution >= 0.6 is 0 Å². The summed E-state index contributed by atoms with van der Waals surface area (Å²) in [6.45, 7) is 2.22. The molecule has 25 heavy (non-hydrogen) atoms. The topological polar surface area (TPSA) is 58.6 Å². The maximum atomic E-state index is 13.3. The van der Waals surface area contributed by atoms with E-state index in [-0.39, 0.29) is 37.9 Å². The highest BCUT2D eigenvalue weighted by atomic mass is 19.1. The van der Waals surface area contributed by atoms with Gasteiger partial charge in [0.25, 0.3) is 0 Å². The Morgan fingerprint density at radius 2 is 1.88 bits per heavy atom. The van der Waals surface area contributed by atoms with Gasteiger partial charge in [0.15, 0.2) is 0 Å². The molecule has 0 aliphatic rings. The van der Waals surface area contributed by atoms with E-state index in [1.165, 1.54) is 24.0 Å². The van der Waals surface area contributed by atoms with Crippen LogP contribution in [0.15, 0.2) is 54.6 Å². The van der Waals surface area contributed by atoms with Crippen LogP contribution < -0.4 is 15.0 Å². The molecule has 0 aromatic heterocycles. The summed E-state index contributed by atoms with van der Waals surface area (Å²) in [7, 11) is 0. The highest BCUT2D eigenvalue weighted by Crippen LogP contribution is 2.15. The van der Waals surface area contributed by atoms with E-state index in [1.54, 1.807) is 12.1 Å². The Balaban J connectivity index is 1.74. The minimum Gasteiger partial charge on any atom is -0.493 e. The molecule has 132 valence electrons. The number of carbonyl (C=O) groups is 2. The number of hydrogen-bond donors (Lipinski definition) is 1. The van der Waals surface area contributed by atoms with Crippen LogP contribution in [0.3, 0.4) is 0 Å². The Morgan fingerprint density at radius 3 is 2.56 bits per heavy atom. The molecule has 2 amide bonds. The molecule has 0 aliphatic heterocycles. The standard InChI is InChI=1S/C19H21FN2O3/c1-15(23)22(17-7-5-6-16(20)14-17)12-11-21-19(24)10-13-25-18-8-3-2-4-9-18/h2-9,14H,10-13H2,1H3,(H,21,24). The summed E-state index contributed by atoms with van der Waals surface area (Å²) in [5, 5.41) is 2.73. The van der Waals surface area contributed by atoms with Crippen molar-refractivity contribution in [1.82, 2.24) is 5.32 Å². The smallest absolute Gasteiger partial charge is 0.223 e. The average molecular weight is 344 g/mol. The number of nitrogens with one attached hydrogen (secondary N) is 1. The molecule has 0 atom stereocenters. The van der Waals surface area contributed by atoms with Crippen molar-refractivity contribution < 1.29 is 18.7 Å². The van der Waals surface area contributed by atoms with Gasteiger partial charge in [0, 0.05) is 25.7 Å². The fourth-order valence-electron chi connectivity index (χ4n) is 2.29. The summed E-state index contributed by atoms with van der Waals surface area (Å²) in [5.41, 5.74) is 0.467. The van der Waals surface area contributed by atoms with Crippen LogP contribution in [0, 0.1) is 5.82 Å². The lowest BCUT2D eigenvalue weighted by molar-refractivity contribution is -0.122. The molecule has 0 unspecified atom stereocenters. The molecule has 2 aromatic rings. The number of ether oxygens (including phenoxy) is 1. The van der Waals surface area contributed by atoms with Gasteiger partial charge in [0.2, 0.25) is 11.8 Å². The van der Waals surface area contributed by atoms with Gasteiger partial charge in [0.05, 0.1) is 13.0 Å². The Hall–Kier alpha value is -2.89. The van der Waals surface area contributed by atoms with E-state index >= 15 is 0 Å². The van der Waals surface area contributed by atoms with Gasteiger partial charge in [0.1, 0.15) is 11.6 Å². The van der Waals surface area contributed by atoms with Crippen molar-refractivity contribution in [3.05, 3.63) is 60.4 Å². The van der Waals surface area contributed by atoms with Crippen LogP contribution in [0.4, 0.5) is 10.1 Å². The number of nitrogens with zero attached hydrogens (tertiary/aromatic N) is 1. The number of halogens is 1. The van der Waals surface area contributed by atoms with Crippen molar-refractivity contribution in [3.63, 3.8) is 0 Å². The maximum Gasteiger partial charge on any atom is 0.223 e. The number of anilines is 1. The van der Waals surface area contributed by atoms with E-state index in [0.717, 1.165) is 0 Å². The molecule has 0 fully saturated rings. The zero-order chi connectivity index (χ0) is 18.1. The van der Waals surface area contributed by atoms with E-state index in [9.17, 15) is 14.0 Å². The zero-order valence-electron chi connectivity index (χ0n) is 14.1. The van der Waals surface area contributed by atoms with Crippen LogP contribution in [0.1, 0.15) is 13.3 Å². The maximum absolute atomic E-state index is 13.3. The summed E-state index contributed by atoms with van der Waals surface area (Å²) in [4.78, 5) is 25.0. The predicted molar refractivity (Wildman–Crippen MR) is 94.0 cm³/mol. The van der Waals surface area contributed by atoms with Crippen LogP contribution in [0.25, 0.3) is 0 Å². The molecule has 0 heterocycles. The summed E-state index contributed by atoms with van der Waals surface area (Å²) in [6.07, 6.45) is 0.217. The largest absolute Gasteiger partial charge is 0.493 e. The molecular weight excluding hydrogens is 323 g/mol. The van der Waals surface area contributed by atoms with E-state index < -0.39 is 5.82 Å². The molecule has 2 rings (SSSR count). The molecule has 0 spiro atoms. The molecule has 6 heteroatoms. The lowest BCUT2D eigenvalue weighted by Crippen LogP contribution is -2.37. The highest BCUT2D eigenvalue weighted by molar-refractivity contribution is 5.91. The monoisotopic (exact) mass is 344 g/mol. The van der Waals surface area contributed by atoms with Crippen molar-refractivity contribution in [3.8, 4) is 5.75 Å². The quantitative estimate of drug-likeness (QED) is 0.801. The molecule has 2 aromatic carbocycles. The molecule has 0 saturated heterocycles. The molecule has 0 aliphatic carbocycles. The second-order valence-corrected chi connectivity index (χ2v) is 5.41. The zero-order valence-corrected chi connectivity index (χ0v) is 14.1. The van der Waals surface area contributed by atoms with Gasteiger partial charge in [-0.2, -0.15) is 0 Å². The molecular formula is C19H21FN2O3. The van der Waals surface area contributed by atoms with E-state index in [0.29, 0.717) is 11.4 Å². The number of rotatable bonds is 8. The number of hydrogen-bond acceptors (Lipinski definition) is 3. The number of para-hydroxylation sites is 1. The van der Waals surface area contributed by atoms with Crippen LogP contribution in [-0.2, 0) is 9.59 Å². The van der Waals surface area contributed by atoms with Gasteiger partial charge in [-0.1, -0.05) is 24.3 Å². The van der Waals surface area contributed by atoms with Crippen molar-refractivity contribution in [2.75, 3.05) is 24.6 Å². The number of amides is 2. The van der Waals surface area contributed by atoms with Crippen LogP contribution in [-0.4, -0.2) is 31.5 Å². The van der Waals surface area contributed by atoms with Gasteiger partial charge in [-0.25, -0.2) is 4.39 Å². The first kappa shape index (κ1) is 18.4. The number of carbonyl (C=O) groups excluding carboxylic acids is 2. The minimum absolute atomic E-state index is 0.168. The number of benzene rings is 2. The van der Waals surface area contributed by atoms with Gasteiger partial charge in [-0.3, -0.25) is 9.59 Å². The highest BCUT2D eigenvalue weighted by Gasteiger charge is 2.12. The second kappa shape index (κ2) is 9.42. The molecule has 0 radical (unpaired) electrons. The summed E-state index contributed by atoms with van der Waals surface area (Å²) >= 11 is 0. The summed E-state index contributed by atoms with van der Waals surface area (Å²) < 4.78 is 18.8. The molecule has 5 nitrogen and oxygen atoms in total. The van der Waals surface area contributed by atoms with Crippen LogP contribution in [0.2, 0.25) is 0 Å². The average Bonchev–Trinajstić information content (AvgIpc) is 2.59. The Labute approximate surface area is 146 Å².